The van der Waals surface area contributed by atoms with Crippen molar-refractivity contribution >= 4 is 39.2 Å². The maximum atomic E-state index is 12.6. The lowest BCUT2D eigenvalue weighted by Gasteiger charge is -2.33. The van der Waals surface area contributed by atoms with E-state index in [1.165, 1.54) is 12.1 Å². The summed E-state index contributed by atoms with van der Waals surface area (Å²) in [5, 5.41) is 0. The molecule has 1 aliphatic heterocycles. The van der Waals surface area contributed by atoms with Crippen LogP contribution in [-0.2, 0) is 26.6 Å². The van der Waals surface area contributed by atoms with E-state index in [4.69, 9.17) is 4.98 Å². The van der Waals surface area contributed by atoms with Crippen LogP contribution in [0.15, 0.2) is 23.1 Å². The molecule has 0 atom stereocenters. The minimum absolute atomic E-state index is 0. The summed E-state index contributed by atoms with van der Waals surface area (Å²) >= 11 is 0. The summed E-state index contributed by atoms with van der Waals surface area (Å²) in [7, 11) is -3.84. The number of aromatic nitrogens is 2. The van der Waals surface area contributed by atoms with Gasteiger partial charge in [-0.15, -0.1) is 12.4 Å². The van der Waals surface area contributed by atoms with E-state index in [0.717, 1.165) is 43.8 Å². The number of nitrogens with zero attached hydrogens (tertiary/aromatic N) is 3. The first-order valence-electron chi connectivity index (χ1n) is 11.8. The third-order valence-corrected chi connectivity index (χ3v) is 8.13. The number of fused-ring (bicyclic) bond motifs is 1. The van der Waals surface area contributed by atoms with Crippen LogP contribution in [0.5, 0.6) is 0 Å². The Morgan fingerprint density at radius 3 is 2.31 bits per heavy atom. The Morgan fingerprint density at radius 1 is 1.14 bits per heavy atom. The van der Waals surface area contributed by atoms with Gasteiger partial charge in [-0.2, -0.15) is 13.2 Å². The first-order chi connectivity index (χ1) is 15.7. The summed E-state index contributed by atoms with van der Waals surface area (Å²) in [6, 6.07) is 4.66. The van der Waals surface area contributed by atoms with E-state index in [9.17, 15) is 26.4 Å². The number of carbonyl (C=O) groups is 1. The molecule has 1 aromatic carbocycles. The number of carbonyl (C=O) groups excluding carboxylic acids is 1. The van der Waals surface area contributed by atoms with Crippen LogP contribution in [0.3, 0.4) is 0 Å². The van der Waals surface area contributed by atoms with Gasteiger partial charge in [0.1, 0.15) is 5.82 Å². The lowest BCUT2D eigenvalue weighted by atomic mass is 9.93. The molecule has 0 N–H and O–H groups in total. The van der Waals surface area contributed by atoms with E-state index in [0.29, 0.717) is 17.9 Å². The highest BCUT2D eigenvalue weighted by atomic mass is 35.5. The fourth-order valence-corrected chi connectivity index (χ4v) is 5.81. The Hall–Kier alpha value is -1.81. The van der Waals surface area contributed by atoms with E-state index >= 15 is 0 Å². The summed E-state index contributed by atoms with van der Waals surface area (Å²) in [5.41, 5.74) is 1.05. The lowest BCUT2D eigenvalue weighted by molar-refractivity contribution is -0.134. The van der Waals surface area contributed by atoms with Gasteiger partial charge in [-0.05, 0) is 43.4 Å². The minimum atomic E-state index is -4.38. The Morgan fingerprint density at radius 2 is 1.77 bits per heavy atom. The molecule has 1 amide bonds. The van der Waals surface area contributed by atoms with E-state index in [1.54, 1.807) is 6.07 Å². The molecule has 3 rings (SSSR count). The molecule has 0 aliphatic carbocycles. The van der Waals surface area contributed by atoms with Crippen molar-refractivity contribution < 1.29 is 26.4 Å². The number of amides is 1. The van der Waals surface area contributed by atoms with E-state index < -0.39 is 34.6 Å². The molecule has 11 heteroatoms. The van der Waals surface area contributed by atoms with Crippen molar-refractivity contribution in [3.05, 3.63) is 24.0 Å². The highest BCUT2D eigenvalue weighted by Gasteiger charge is 2.30. The fourth-order valence-electron chi connectivity index (χ4n) is 4.49. The van der Waals surface area contributed by atoms with Gasteiger partial charge in [0.2, 0.25) is 5.91 Å². The summed E-state index contributed by atoms with van der Waals surface area (Å²) in [4.78, 5) is 18.6. The second-order valence-electron chi connectivity index (χ2n) is 10.2. The number of halogens is 4. The van der Waals surface area contributed by atoms with Crippen LogP contribution in [0.25, 0.3) is 11.0 Å². The van der Waals surface area contributed by atoms with Gasteiger partial charge < -0.3 is 9.47 Å². The van der Waals surface area contributed by atoms with Crippen molar-refractivity contribution in [1.82, 2.24) is 14.5 Å². The standard InChI is InChI=1S/C24H34F3N3O3S.ClH/c1-5-21(31)29-12-9-17(10-13-29)16-30-20-8-7-18(15-19(20)28-22(30)23(2,3)4)34(32,33)14-6-11-24(25,26)27;/h7-8,15,17H,5-6,9-14,16H2,1-4H3;1H. The number of piperidine rings is 1. The molecular formula is C24H35ClF3N3O3S. The van der Waals surface area contributed by atoms with Crippen LogP contribution >= 0.6 is 12.4 Å². The van der Waals surface area contributed by atoms with Crippen molar-refractivity contribution in [2.45, 2.75) is 82.8 Å². The molecule has 2 heterocycles. The van der Waals surface area contributed by atoms with Gasteiger partial charge in [-0.3, -0.25) is 4.79 Å². The smallest absolute Gasteiger partial charge is 0.343 e. The average molecular weight is 538 g/mol. The number of likely N-dealkylation sites (tertiary alicyclic amines) is 1. The molecule has 1 saturated heterocycles. The molecule has 1 aromatic heterocycles. The zero-order chi connectivity index (χ0) is 25.3. The predicted octanol–water partition coefficient (Wildman–Crippen LogP) is 5.52. The molecule has 0 saturated carbocycles. The number of hydrogen-bond acceptors (Lipinski definition) is 4. The molecule has 6 nitrogen and oxygen atoms in total. The van der Waals surface area contributed by atoms with Gasteiger partial charge in [-0.25, -0.2) is 13.4 Å². The molecule has 198 valence electrons. The quantitative estimate of drug-likeness (QED) is 0.466. The maximum absolute atomic E-state index is 12.6. The SMILES string of the molecule is CCC(=O)N1CCC(Cn2c(C(C)(C)C)nc3cc(S(=O)(=O)CCCC(F)(F)F)ccc32)CC1.Cl. The second kappa shape index (κ2) is 11.1. The van der Waals surface area contributed by atoms with Crippen LogP contribution in [0.1, 0.15) is 65.6 Å². The van der Waals surface area contributed by atoms with Gasteiger partial charge >= 0.3 is 6.18 Å². The highest BCUT2D eigenvalue weighted by Crippen LogP contribution is 2.31. The monoisotopic (exact) mass is 537 g/mol. The van der Waals surface area contributed by atoms with Gasteiger partial charge in [0, 0.05) is 37.9 Å². The van der Waals surface area contributed by atoms with Gasteiger partial charge in [0.15, 0.2) is 9.84 Å². The van der Waals surface area contributed by atoms with Crippen LogP contribution in [0.2, 0.25) is 0 Å². The number of sulfone groups is 1. The Balaban J connectivity index is 0.00000432. The maximum Gasteiger partial charge on any atom is 0.389 e. The number of hydrogen-bond donors (Lipinski definition) is 0. The third-order valence-electron chi connectivity index (χ3n) is 6.33. The van der Waals surface area contributed by atoms with E-state index in [-0.39, 0.29) is 28.6 Å². The van der Waals surface area contributed by atoms with E-state index in [2.05, 4.69) is 4.57 Å². The van der Waals surface area contributed by atoms with E-state index in [1.807, 2.05) is 32.6 Å². The molecule has 2 aromatic rings. The molecule has 0 radical (unpaired) electrons. The lowest BCUT2D eigenvalue weighted by Crippen LogP contribution is -2.39. The van der Waals surface area contributed by atoms with Crippen molar-refractivity contribution in [1.29, 1.82) is 0 Å². The molecule has 0 bridgehead atoms. The number of imidazole rings is 1. The van der Waals surface area contributed by atoms with Gasteiger partial charge in [-0.1, -0.05) is 27.7 Å². The summed E-state index contributed by atoms with van der Waals surface area (Å²) in [6.07, 6.45) is -3.68. The number of benzene rings is 1. The number of rotatable bonds is 7. The number of alkyl halides is 3. The fraction of sp³-hybridized carbons (Fsp3) is 0.667. The van der Waals surface area contributed by atoms with Crippen molar-refractivity contribution in [2.75, 3.05) is 18.8 Å². The molecule has 0 unspecified atom stereocenters. The molecular weight excluding hydrogens is 503 g/mol. The van der Waals surface area contributed by atoms with Crippen LogP contribution in [0.4, 0.5) is 13.2 Å². The van der Waals surface area contributed by atoms with Gasteiger partial charge in [0.25, 0.3) is 0 Å². The third kappa shape index (κ3) is 7.35. The zero-order valence-electron chi connectivity index (χ0n) is 20.7. The molecule has 1 aliphatic rings. The second-order valence-corrected chi connectivity index (χ2v) is 12.3. The molecule has 35 heavy (non-hydrogen) atoms. The predicted molar refractivity (Wildman–Crippen MR) is 133 cm³/mol. The average Bonchev–Trinajstić information content (AvgIpc) is 3.11. The van der Waals surface area contributed by atoms with Gasteiger partial charge in [0.05, 0.1) is 21.7 Å². The van der Waals surface area contributed by atoms with Crippen LogP contribution < -0.4 is 0 Å². The zero-order valence-corrected chi connectivity index (χ0v) is 22.3. The summed E-state index contributed by atoms with van der Waals surface area (Å²) < 4.78 is 64.8. The molecule has 1 fully saturated rings. The van der Waals surface area contributed by atoms with Crippen LogP contribution in [0, 0.1) is 5.92 Å². The normalized spacial score (nSPS) is 15.9. The van der Waals surface area contributed by atoms with Crippen molar-refractivity contribution in [3.63, 3.8) is 0 Å². The summed E-state index contributed by atoms with van der Waals surface area (Å²) in [6.45, 7) is 10.2. The minimum Gasteiger partial charge on any atom is -0.343 e. The largest absolute Gasteiger partial charge is 0.389 e. The van der Waals surface area contributed by atoms with Crippen molar-refractivity contribution in [3.8, 4) is 0 Å². The first kappa shape index (κ1) is 29.4. The Labute approximate surface area is 211 Å². The Kier molecular flexibility index (Phi) is 9.30. The summed E-state index contributed by atoms with van der Waals surface area (Å²) in [5.74, 6) is 0.817. The van der Waals surface area contributed by atoms with Crippen molar-refractivity contribution in [2.24, 2.45) is 5.92 Å². The molecule has 0 spiro atoms. The Bertz CT molecular complexity index is 1130. The highest BCUT2D eigenvalue weighted by molar-refractivity contribution is 7.91. The van der Waals surface area contributed by atoms with Crippen LogP contribution in [-0.4, -0.2) is 53.8 Å². The first-order valence-corrected chi connectivity index (χ1v) is 13.4. The topological polar surface area (TPSA) is 72.3 Å².